The maximum absolute atomic E-state index is 12.2. The van der Waals surface area contributed by atoms with Crippen LogP contribution in [0.2, 0.25) is 0 Å². The van der Waals surface area contributed by atoms with Crippen molar-refractivity contribution >= 4 is 23.0 Å². The minimum Gasteiger partial charge on any atom is -0.376 e. The van der Waals surface area contributed by atoms with Gasteiger partial charge < -0.3 is 11.5 Å². The van der Waals surface area contributed by atoms with Crippen molar-refractivity contribution in [1.82, 2.24) is 0 Å². The lowest BCUT2D eigenvalue weighted by Gasteiger charge is -2.28. The molecule has 0 radical (unpaired) electrons. The summed E-state index contributed by atoms with van der Waals surface area (Å²) < 4.78 is 12.2. The number of benzene rings is 1. The molecule has 0 spiro atoms. The zero-order valence-electron chi connectivity index (χ0n) is 10.8. The molecule has 1 unspecified atom stereocenters. The van der Waals surface area contributed by atoms with Crippen LogP contribution in [0.3, 0.4) is 0 Å². The van der Waals surface area contributed by atoms with Crippen molar-refractivity contribution in [1.29, 1.82) is 0 Å². The largest absolute Gasteiger partial charge is 0.376 e. The molecular formula is C13H20FN3S. The van der Waals surface area contributed by atoms with E-state index >= 15 is 0 Å². The second-order valence-corrected chi connectivity index (χ2v) is 4.91. The second kappa shape index (κ2) is 6.75. The van der Waals surface area contributed by atoms with Crippen LogP contribution >= 0.6 is 12.1 Å². The monoisotopic (exact) mass is 269 g/mol. The van der Waals surface area contributed by atoms with Gasteiger partial charge in [-0.1, -0.05) is 32.4 Å². The summed E-state index contributed by atoms with van der Waals surface area (Å²) in [5.74, 6) is 0. The first-order valence-corrected chi connectivity index (χ1v) is 6.79. The SMILES string of the molecule is CCCC(N)(CC)c1cccc(N=C(N)SF)c1. The van der Waals surface area contributed by atoms with Crippen molar-refractivity contribution in [2.75, 3.05) is 0 Å². The summed E-state index contributed by atoms with van der Waals surface area (Å²) in [5, 5.41) is -0.0956. The molecule has 0 heterocycles. The molecule has 0 fully saturated rings. The Labute approximate surface area is 112 Å². The first kappa shape index (κ1) is 15.0. The molecule has 0 aliphatic carbocycles. The lowest BCUT2D eigenvalue weighted by Crippen LogP contribution is -2.35. The maximum atomic E-state index is 12.2. The zero-order valence-corrected chi connectivity index (χ0v) is 11.6. The summed E-state index contributed by atoms with van der Waals surface area (Å²) in [6, 6.07) is 7.52. The molecule has 0 bridgehead atoms. The van der Waals surface area contributed by atoms with E-state index in [-0.39, 0.29) is 22.9 Å². The Bertz CT molecular complexity index is 422. The van der Waals surface area contributed by atoms with Gasteiger partial charge in [0, 0.05) is 5.54 Å². The minimum atomic E-state index is -0.349. The minimum absolute atomic E-state index is 0.0545. The Hall–Kier alpha value is -1.07. The van der Waals surface area contributed by atoms with Gasteiger partial charge in [0.2, 0.25) is 0 Å². The number of hydrogen-bond acceptors (Lipinski definition) is 3. The molecule has 18 heavy (non-hydrogen) atoms. The molecule has 0 aromatic heterocycles. The Morgan fingerprint density at radius 2 is 2.17 bits per heavy atom. The molecule has 1 rings (SSSR count). The molecule has 1 aromatic carbocycles. The molecule has 1 aromatic rings. The third kappa shape index (κ3) is 3.71. The Kier molecular flexibility index (Phi) is 5.62. The molecule has 0 saturated carbocycles. The number of aliphatic imine (C=N–C) groups is 1. The van der Waals surface area contributed by atoms with Crippen LogP contribution in [0.5, 0.6) is 0 Å². The smallest absolute Gasteiger partial charge is 0.192 e. The third-order valence-corrected chi connectivity index (χ3v) is 3.32. The van der Waals surface area contributed by atoms with E-state index in [9.17, 15) is 3.89 Å². The predicted octanol–water partition coefficient (Wildman–Crippen LogP) is 3.61. The Morgan fingerprint density at radius 1 is 1.44 bits per heavy atom. The molecule has 1 atom stereocenters. The third-order valence-electron chi connectivity index (χ3n) is 3.07. The fourth-order valence-electron chi connectivity index (χ4n) is 2.00. The van der Waals surface area contributed by atoms with Crippen molar-refractivity contribution in [3.05, 3.63) is 29.8 Å². The highest BCUT2D eigenvalue weighted by Crippen LogP contribution is 2.30. The van der Waals surface area contributed by atoms with Gasteiger partial charge in [0.1, 0.15) is 12.1 Å². The second-order valence-electron chi connectivity index (χ2n) is 4.34. The van der Waals surface area contributed by atoms with Crippen molar-refractivity contribution in [2.24, 2.45) is 16.5 Å². The van der Waals surface area contributed by atoms with E-state index in [1.165, 1.54) is 0 Å². The Morgan fingerprint density at radius 3 is 2.72 bits per heavy atom. The van der Waals surface area contributed by atoms with Crippen molar-refractivity contribution in [3.63, 3.8) is 0 Å². The van der Waals surface area contributed by atoms with Gasteiger partial charge in [-0.2, -0.15) is 3.89 Å². The molecule has 0 saturated heterocycles. The standard InChI is InChI=1S/C13H20FN3S/c1-3-8-13(16,4-2)10-6-5-7-11(9-10)17-12(15)18-14/h5-7,9H,3-4,8,16H2,1-2H3,(H2,15,17). The summed E-state index contributed by atoms with van der Waals surface area (Å²) in [7, 11) is 0. The highest BCUT2D eigenvalue weighted by Gasteiger charge is 2.24. The van der Waals surface area contributed by atoms with Gasteiger partial charge in [-0.25, -0.2) is 4.99 Å². The van der Waals surface area contributed by atoms with Gasteiger partial charge in [-0.3, -0.25) is 0 Å². The quantitative estimate of drug-likeness (QED) is 0.634. The molecule has 100 valence electrons. The van der Waals surface area contributed by atoms with Crippen LogP contribution in [0.4, 0.5) is 9.57 Å². The van der Waals surface area contributed by atoms with E-state index in [0.29, 0.717) is 5.69 Å². The van der Waals surface area contributed by atoms with Crippen LogP contribution in [-0.2, 0) is 5.54 Å². The summed E-state index contributed by atoms with van der Waals surface area (Å²) in [6.07, 6.45) is 2.77. The van der Waals surface area contributed by atoms with Crippen LogP contribution in [0.25, 0.3) is 0 Å². The summed E-state index contributed by atoms with van der Waals surface area (Å²) in [4.78, 5) is 3.97. The van der Waals surface area contributed by atoms with E-state index in [0.717, 1.165) is 24.8 Å². The number of amidine groups is 1. The van der Waals surface area contributed by atoms with Crippen molar-refractivity contribution in [2.45, 2.75) is 38.6 Å². The van der Waals surface area contributed by atoms with Crippen molar-refractivity contribution < 1.29 is 3.89 Å². The van der Waals surface area contributed by atoms with Crippen LogP contribution in [0.15, 0.2) is 29.3 Å². The topological polar surface area (TPSA) is 64.4 Å². The lowest BCUT2D eigenvalue weighted by atomic mass is 9.84. The fraction of sp³-hybridized carbons (Fsp3) is 0.462. The zero-order chi connectivity index (χ0) is 13.6. The lowest BCUT2D eigenvalue weighted by molar-refractivity contribution is 0.390. The molecule has 0 amide bonds. The first-order valence-electron chi connectivity index (χ1n) is 6.08. The summed E-state index contributed by atoms with van der Waals surface area (Å²) >= 11 is -0.0545. The molecule has 3 nitrogen and oxygen atoms in total. The van der Waals surface area contributed by atoms with Crippen LogP contribution < -0.4 is 11.5 Å². The van der Waals surface area contributed by atoms with Gasteiger partial charge in [-0.05, 0) is 30.5 Å². The number of hydrogen-bond donors (Lipinski definition) is 2. The fourth-order valence-corrected chi connectivity index (χ4v) is 2.14. The van der Waals surface area contributed by atoms with Gasteiger partial charge in [0.15, 0.2) is 5.17 Å². The molecule has 4 N–H and O–H groups in total. The summed E-state index contributed by atoms with van der Waals surface area (Å²) in [5.41, 5.74) is 13.1. The van der Waals surface area contributed by atoms with Gasteiger partial charge in [0.25, 0.3) is 0 Å². The van der Waals surface area contributed by atoms with Gasteiger partial charge >= 0.3 is 0 Å². The van der Waals surface area contributed by atoms with E-state index in [2.05, 4.69) is 18.8 Å². The maximum Gasteiger partial charge on any atom is 0.192 e. The van der Waals surface area contributed by atoms with Crippen LogP contribution in [-0.4, -0.2) is 5.17 Å². The highest BCUT2D eigenvalue weighted by molar-refractivity contribution is 8.09. The molecule has 0 aliphatic rings. The van der Waals surface area contributed by atoms with Crippen LogP contribution in [0.1, 0.15) is 38.7 Å². The normalized spacial score (nSPS) is 15.4. The predicted molar refractivity (Wildman–Crippen MR) is 77.5 cm³/mol. The molecule has 5 heteroatoms. The first-order chi connectivity index (χ1) is 8.55. The van der Waals surface area contributed by atoms with Gasteiger partial charge in [0.05, 0.1) is 5.69 Å². The highest BCUT2D eigenvalue weighted by atomic mass is 32.2. The van der Waals surface area contributed by atoms with E-state index in [4.69, 9.17) is 11.5 Å². The average molecular weight is 269 g/mol. The molecule has 0 aliphatic heterocycles. The van der Waals surface area contributed by atoms with E-state index < -0.39 is 0 Å². The molecular weight excluding hydrogens is 249 g/mol. The van der Waals surface area contributed by atoms with Crippen molar-refractivity contribution in [3.8, 4) is 0 Å². The summed E-state index contributed by atoms with van der Waals surface area (Å²) in [6.45, 7) is 4.17. The van der Waals surface area contributed by atoms with Gasteiger partial charge in [-0.15, -0.1) is 0 Å². The number of nitrogens with zero attached hydrogens (tertiary/aromatic N) is 1. The number of rotatable bonds is 5. The average Bonchev–Trinajstić information content (AvgIpc) is 2.39. The van der Waals surface area contributed by atoms with Crippen LogP contribution in [0, 0.1) is 0 Å². The van der Waals surface area contributed by atoms with E-state index in [1.54, 1.807) is 6.07 Å². The Balaban J connectivity index is 3.07. The number of nitrogens with two attached hydrogens (primary N) is 2. The number of halogens is 1. The van der Waals surface area contributed by atoms with E-state index in [1.807, 2.05) is 18.2 Å².